The third kappa shape index (κ3) is 5.28. The number of hydrogen-bond acceptors (Lipinski definition) is 5. The zero-order valence-corrected chi connectivity index (χ0v) is 21.2. The summed E-state index contributed by atoms with van der Waals surface area (Å²) >= 11 is 0. The Morgan fingerprint density at radius 2 is 1.61 bits per heavy atom. The van der Waals surface area contributed by atoms with E-state index >= 15 is 0 Å². The molecule has 3 heterocycles. The van der Waals surface area contributed by atoms with Crippen LogP contribution < -0.4 is 10.5 Å². The highest BCUT2D eigenvalue weighted by Crippen LogP contribution is 2.36. The predicted molar refractivity (Wildman–Crippen MR) is 143 cm³/mol. The molecule has 1 aromatic heterocycles. The molecule has 1 amide bonds. The molecular weight excluding hydrogens is 452 g/mol. The number of benzene rings is 2. The molecule has 2 aliphatic rings. The van der Waals surface area contributed by atoms with Crippen molar-refractivity contribution in [2.75, 3.05) is 45.9 Å². The van der Waals surface area contributed by atoms with Crippen molar-refractivity contribution in [3.63, 3.8) is 0 Å². The average molecular weight is 491 g/mol. The summed E-state index contributed by atoms with van der Waals surface area (Å²) in [5.74, 6) is 0.479. The van der Waals surface area contributed by atoms with Crippen molar-refractivity contribution < 1.29 is 14.6 Å². The number of primary amides is 1. The molecule has 0 aliphatic carbocycles. The second kappa shape index (κ2) is 11.0. The summed E-state index contributed by atoms with van der Waals surface area (Å²) in [5, 5.41) is 10.8. The van der Waals surface area contributed by atoms with Crippen LogP contribution in [0.2, 0.25) is 0 Å². The quantitative estimate of drug-likeness (QED) is 0.500. The predicted octanol–water partition coefficient (Wildman–Crippen LogP) is 3.90. The van der Waals surface area contributed by atoms with Crippen LogP contribution in [0, 0.1) is 0 Å². The van der Waals surface area contributed by atoms with Crippen LogP contribution in [0.25, 0.3) is 22.0 Å². The minimum atomic E-state index is -0.376. The summed E-state index contributed by atoms with van der Waals surface area (Å²) in [4.78, 5) is 17.5. The highest BCUT2D eigenvalue weighted by Gasteiger charge is 2.26. The molecule has 0 saturated carbocycles. The summed E-state index contributed by atoms with van der Waals surface area (Å²) in [7, 11) is 0. The molecule has 2 saturated heterocycles. The SMILES string of the molecule is CCOc1ccc(-c2cccc3c2cc(C(N)=O)n3C2CCN(CCN3CCC(O)CC3)CC2)cc1. The van der Waals surface area contributed by atoms with Crippen LogP contribution in [-0.2, 0) is 0 Å². The summed E-state index contributed by atoms with van der Waals surface area (Å²) in [6.07, 6.45) is 3.64. The number of fused-ring (bicyclic) bond motifs is 1. The number of aliphatic hydroxyl groups excluding tert-OH is 1. The van der Waals surface area contributed by atoms with Crippen LogP contribution >= 0.6 is 0 Å². The Kier molecular flexibility index (Phi) is 7.60. The first-order chi connectivity index (χ1) is 17.5. The van der Waals surface area contributed by atoms with Crippen LogP contribution in [0.15, 0.2) is 48.5 Å². The smallest absolute Gasteiger partial charge is 0.265 e. The van der Waals surface area contributed by atoms with Crippen molar-refractivity contribution in [3.8, 4) is 16.9 Å². The molecule has 5 rings (SSSR count). The molecule has 3 N–H and O–H groups in total. The zero-order valence-electron chi connectivity index (χ0n) is 21.2. The van der Waals surface area contributed by atoms with E-state index in [1.54, 1.807) is 0 Å². The molecule has 0 spiro atoms. The maximum absolute atomic E-state index is 12.5. The van der Waals surface area contributed by atoms with E-state index in [0.717, 1.165) is 92.7 Å². The Labute approximate surface area is 213 Å². The molecule has 192 valence electrons. The molecule has 0 unspecified atom stereocenters. The molecule has 0 bridgehead atoms. The fraction of sp³-hybridized carbons (Fsp3) is 0.483. The number of likely N-dealkylation sites (tertiary alicyclic amines) is 2. The number of ether oxygens (including phenoxy) is 1. The number of nitrogens with two attached hydrogens (primary N) is 1. The Bertz CT molecular complexity index is 1170. The van der Waals surface area contributed by atoms with E-state index in [9.17, 15) is 9.90 Å². The van der Waals surface area contributed by atoms with Crippen LogP contribution in [-0.4, -0.2) is 77.4 Å². The number of rotatable bonds is 8. The lowest BCUT2D eigenvalue weighted by molar-refractivity contribution is 0.0733. The number of hydrogen-bond donors (Lipinski definition) is 2. The van der Waals surface area contributed by atoms with E-state index < -0.39 is 0 Å². The van der Waals surface area contributed by atoms with E-state index in [1.807, 2.05) is 25.1 Å². The minimum absolute atomic E-state index is 0.122. The van der Waals surface area contributed by atoms with Gasteiger partial charge in [-0.05, 0) is 68.0 Å². The van der Waals surface area contributed by atoms with Crippen molar-refractivity contribution >= 4 is 16.8 Å². The van der Waals surface area contributed by atoms with Gasteiger partial charge >= 0.3 is 0 Å². The fourth-order valence-corrected chi connectivity index (χ4v) is 5.81. The van der Waals surface area contributed by atoms with E-state index in [1.165, 1.54) is 0 Å². The largest absolute Gasteiger partial charge is 0.494 e. The molecule has 7 heteroatoms. The van der Waals surface area contributed by atoms with Gasteiger partial charge in [0.15, 0.2) is 0 Å². The molecule has 2 aliphatic heterocycles. The Hall–Kier alpha value is -2.87. The molecule has 2 aromatic carbocycles. The van der Waals surface area contributed by atoms with Gasteiger partial charge in [0.05, 0.1) is 12.7 Å². The Morgan fingerprint density at radius 1 is 0.972 bits per heavy atom. The van der Waals surface area contributed by atoms with Gasteiger partial charge in [-0.1, -0.05) is 24.3 Å². The molecule has 2 fully saturated rings. The number of carbonyl (C=O) groups excluding carboxylic acids is 1. The van der Waals surface area contributed by atoms with Crippen LogP contribution in [0.5, 0.6) is 5.75 Å². The van der Waals surface area contributed by atoms with Gasteiger partial charge in [-0.15, -0.1) is 0 Å². The molecule has 36 heavy (non-hydrogen) atoms. The topological polar surface area (TPSA) is 84.0 Å². The van der Waals surface area contributed by atoms with Gasteiger partial charge in [0.1, 0.15) is 11.4 Å². The minimum Gasteiger partial charge on any atom is -0.494 e. The third-order valence-corrected chi connectivity index (χ3v) is 7.82. The normalized spacial score (nSPS) is 18.6. The first-order valence-corrected chi connectivity index (χ1v) is 13.3. The van der Waals surface area contributed by atoms with Gasteiger partial charge in [-0.2, -0.15) is 0 Å². The number of amides is 1. The first-order valence-electron chi connectivity index (χ1n) is 13.3. The monoisotopic (exact) mass is 490 g/mol. The van der Waals surface area contributed by atoms with Gasteiger partial charge in [-0.3, -0.25) is 4.79 Å². The van der Waals surface area contributed by atoms with Crippen molar-refractivity contribution in [3.05, 3.63) is 54.2 Å². The maximum atomic E-state index is 12.5. The number of aliphatic hydroxyl groups is 1. The van der Waals surface area contributed by atoms with E-state index in [2.05, 4.69) is 44.7 Å². The van der Waals surface area contributed by atoms with Gasteiger partial charge < -0.3 is 29.9 Å². The lowest BCUT2D eigenvalue weighted by atomic mass is 10.0. The van der Waals surface area contributed by atoms with Crippen LogP contribution in [0.3, 0.4) is 0 Å². The number of piperidine rings is 2. The van der Waals surface area contributed by atoms with Gasteiger partial charge in [0.2, 0.25) is 0 Å². The third-order valence-electron chi connectivity index (χ3n) is 7.82. The first kappa shape index (κ1) is 24.8. The standard InChI is InChI=1S/C29H38N4O3/c1-2-36-24-8-6-21(7-9-24)25-4-3-5-27-26(25)20-28(29(30)35)33(27)22-10-14-31(15-11-22)18-19-32-16-12-23(34)13-17-32/h3-9,20,22-23,34H,2,10-19H2,1H3,(H2,30,35). The average Bonchev–Trinajstić information content (AvgIpc) is 3.30. The lowest BCUT2D eigenvalue weighted by Crippen LogP contribution is -2.43. The fourth-order valence-electron chi connectivity index (χ4n) is 5.81. The summed E-state index contributed by atoms with van der Waals surface area (Å²) in [6, 6.07) is 16.6. The van der Waals surface area contributed by atoms with Crippen LogP contribution in [0.4, 0.5) is 0 Å². The molecule has 3 aromatic rings. The number of nitrogens with zero attached hydrogens (tertiary/aromatic N) is 3. The van der Waals surface area contributed by atoms with E-state index in [4.69, 9.17) is 10.5 Å². The highest BCUT2D eigenvalue weighted by molar-refractivity contribution is 6.03. The van der Waals surface area contributed by atoms with E-state index in [-0.39, 0.29) is 18.1 Å². The van der Waals surface area contributed by atoms with Gasteiger partial charge in [-0.25, -0.2) is 0 Å². The van der Waals surface area contributed by atoms with Crippen molar-refractivity contribution in [1.82, 2.24) is 14.4 Å². The van der Waals surface area contributed by atoms with E-state index in [0.29, 0.717) is 12.3 Å². The summed E-state index contributed by atoms with van der Waals surface area (Å²) in [6.45, 7) is 8.74. The lowest BCUT2D eigenvalue weighted by Gasteiger charge is -2.36. The van der Waals surface area contributed by atoms with Crippen LogP contribution in [0.1, 0.15) is 49.1 Å². The van der Waals surface area contributed by atoms with Gasteiger partial charge in [0.25, 0.3) is 5.91 Å². The molecule has 7 nitrogen and oxygen atoms in total. The second-order valence-electron chi connectivity index (χ2n) is 10.1. The molecule has 0 atom stereocenters. The number of carbonyl (C=O) groups is 1. The molecule has 0 radical (unpaired) electrons. The highest BCUT2D eigenvalue weighted by atomic mass is 16.5. The summed E-state index contributed by atoms with van der Waals surface area (Å²) < 4.78 is 7.79. The van der Waals surface area contributed by atoms with Crippen molar-refractivity contribution in [1.29, 1.82) is 0 Å². The van der Waals surface area contributed by atoms with Crippen molar-refractivity contribution in [2.24, 2.45) is 5.73 Å². The maximum Gasteiger partial charge on any atom is 0.265 e. The zero-order chi connectivity index (χ0) is 25.1. The second-order valence-corrected chi connectivity index (χ2v) is 10.1. The van der Waals surface area contributed by atoms with Gasteiger partial charge in [0, 0.05) is 56.2 Å². The Balaban J connectivity index is 1.33. The summed E-state index contributed by atoms with van der Waals surface area (Å²) in [5.41, 5.74) is 9.74. The molecular formula is C29H38N4O3. The number of aromatic nitrogens is 1. The Morgan fingerprint density at radius 3 is 2.22 bits per heavy atom. The van der Waals surface area contributed by atoms with Crippen molar-refractivity contribution in [2.45, 2.75) is 44.8 Å².